The second-order valence-electron chi connectivity index (χ2n) is 8.18. The molecular weight excluding hydrogens is 433 g/mol. The molecule has 1 aliphatic carbocycles. The van der Waals surface area contributed by atoms with Crippen LogP contribution in [0.1, 0.15) is 56.7 Å². The molecule has 2 N–H and O–H groups in total. The van der Waals surface area contributed by atoms with Crippen molar-refractivity contribution < 1.29 is 22.3 Å². The molecule has 0 bridgehead atoms. The highest BCUT2D eigenvalue weighted by atomic mass is 32.2. The zero-order valence-corrected chi connectivity index (χ0v) is 19.4. The Morgan fingerprint density at radius 2 is 1.88 bits per heavy atom. The lowest BCUT2D eigenvalue weighted by Crippen LogP contribution is -2.41. The topological polar surface area (TPSA) is 97.4 Å². The molecule has 32 heavy (non-hydrogen) atoms. The van der Waals surface area contributed by atoms with Crippen molar-refractivity contribution in [1.82, 2.24) is 15.0 Å². The molecule has 0 radical (unpaired) electrons. The highest BCUT2D eigenvalue weighted by Gasteiger charge is 2.30. The minimum Gasteiger partial charge on any atom is -0.478 e. The van der Waals surface area contributed by atoms with Gasteiger partial charge in [-0.25, -0.2) is 22.5 Å². The van der Waals surface area contributed by atoms with Gasteiger partial charge in [0.15, 0.2) is 0 Å². The number of ether oxygens (including phenoxy) is 1. The summed E-state index contributed by atoms with van der Waals surface area (Å²) in [7, 11) is -3.71. The van der Waals surface area contributed by atoms with Crippen LogP contribution in [0.5, 0.6) is 5.88 Å². The van der Waals surface area contributed by atoms with Gasteiger partial charge in [0.05, 0.1) is 18.8 Å². The number of benzene rings is 1. The number of amides is 1. The number of aromatic nitrogens is 1. The van der Waals surface area contributed by atoms with Gasteiger partial charge in [0.2, 0.25) is 21.8 Å². The average molecular weight is 464 g/mol. The normalized spacial score (nSPS) is 19.9. The number of sulfonamides is 1. The number of pyridine rings is 1. The summed E-state index contributed by atoms with van der Waals surface area (Å²) in [4.78, 5) is 16.8. The Balaban J connectivity index is 1.53. The fraction of sp³-hybridized carbons (Fsp3) is 0.478. The third kappa shape index (κ3) is 6.04. The van der Waals surface area contributed by atoms with E-state index in [1.165, 1.54) is 18.3 Å². The Bertz CT molecular complexity index is 1040. The molecule has 1 aromatic carbocycles. The molecule has 0 saturated heterocycles. The number of nitrogens with one attached hydrogen (secondary N) is 2. The van der Waals surface area contributed by atoms with Crippen LogP contribution in [0, 0.1) is 18.7 Å². The van der Waals surface area contributed by atoms with Gasteiger partial charge in [-0.3, -0.25) is 4.79 Å². The molecule has 1 amide bonds. The van der Waals surface area contributed by atoms with Crippen LogP contribution in [0.25, 0.3) is 0 Å². The van der Waals surface area contributed by atoms with Crippen molar-refractivity contribution in [2.45, 2.75) is 63.4 Å². The zero-order chi connectivity index (χ0) is 23.3. The Hall–Kier alpha value is -2.52. The molecule has 1 fully saturated rings. The van der Waals surface area contributed by atoms with Crippen LogP contribution in [-0.4, -0.2) is 32.0 Å². The van der Waals surface area contributed by atoms with Gasteiger partial charge in [0.25, 0.3) is 0 Å². The number of nitrogens with zero attached hydrogens (tertiary/aromatic N) is 1. The molecule has 1 saturated carbocycles. The molecule has 2 aromatic rings. The van der Waals surface area contributed by atoms with Crippen LogP contribution >= 0.6 is 0 Å². The maximum absolute atomic E-state index is 13.1. The average Bonchev–Trinajstić information content (AvgIpc) is 2.76. The van der Waals surface area contributed by atoms with E-state index in [0.717, 1.165) is 5.56 Å². The van der Waals surface area contributed by atoms with Gasteiger partial charge in [0, 0.05) is 17.5 Å². The van der Waals surface area contributed by atoms with E-state index in [9.17, 15) is 17.6 Å². The van der Waals surface area contributed by atoms with Crippen molar-refractivity contribution >= 4 is 15.9 Å². The van der Waals surface area contributed by atoms with Crippen LogP contribution < -0.4 is 14.8 Å². The minimum atomic E-state index is -3.71. The van der Waals surface area contributed by atoms with Gasteiger partial charge in [-0.15, -0.1) is 0 Å². The summed E-state index contributed by atoms with van der Waals surface area (Å²) in [6.45, 7) is 5.91. The van der Waals surface area contributed by atoms with Gasteiger partial charge in [-0.1, -0.05) is 12.1 Å². The number of rotatable bonds is 8. The number of hydrogen-bond acceptors (Lipinski definition) is 5. The molecule has 3 rings (SSSR count). The van der Waals surface area contributed by atoms with Gasteiger partial charge < -0.3 is 10.1 Å². The first-order valence-electron chi connectivity index (χ1n) is 10.9. The van der Waals surface area contributed by atoms with Crippen molar-refractivity contribution in [3.8, 4) is 5.88 Å². The lowest BCUT2D eigenvalue weighted by atomic mass is 9.85. The van der Waals surface area contributed by atoms with E-state index in [0.29, 0.717) is 43.7 Å². The highest BCUT2D eigenvalue weighted by Crippen LogP contribution is 2.27. The number of aryl methyl sites for hydroxylation is 1. The molecule has 0 aliphatic heterocycles. The second-order valence-corrected chi connectivity index (χ2v) is 9.89. The van der Waals surface area contributed by atoms with E-state index in [1.54, 1.807) is 25.1 Å². The van der Waals surface area contributed by atoms with E-state index in [2.05, 4.69) is 15.0 Å². The fourth-order valence-corrected chi connectivity index (χ4v) is 5.23. The summed E-state index contributed by atoms with van der Waals surface area (Å²) in [5, 5.41) is 2.98. The number of carbonyl (C=O) groups excluding carboxylic acids is 1. The summed E-state index contributed by atoms with van der Waals surface area (Å²) in [6, 6.07) is 7.15. The quantitative estimate of drug-likeness (QED) is 0.623. The van der Waals surface area contributed by atoms with Crippen LogP contribution in [0.4, 0.5) is 4.39 Å². The molecule has 7 nitrogen and oxygen atoms in total. The van der Waals surface area contributed by atoms with Gasteiger partial charge in [-0.2, -0.15) is 0 Å². The Kier molecular flexibility index (Phi) is 7.84. The predicted octanol–water partition coefficient (Wildman–Crippen LogP) is 3.64. The minimum absolute atomic E-state index is 0.0607. The third-order valence-electron chi connectivity index (χ3n) is 5.75. The van der Waals surface area contributed by atoms with E-state index < -0.39 is 10.0 Å². The van der Waals surface area contributed by atoms with Crippen LogP contribution in [0.2, 0.25) is 0 Å². The first-order valence-corrected chi connectivity index (χ1v) is 12.4. The monoisotopic (exact) mass is 463 g/mol. The van der Waals surface area contributed by atoms with Gasteiger partial charge in [-0.05, 0) is 70.2 Å². The SMILES string of the molecule is CCOc1ncc(S(=O)(=O)N[C@H]2CC[C@H](C(=O)N[C@H](C)c3ccc(F)cc3)CC2)cc1C. The summed E-state index contributed by atoms with van der Waals surface area (Å²) in [5.74, 6) is -0.125. The van der Waals surface area contributed by atoms with E-state index >= 15 is 0 Å². The lowest BCUT2D eigenvalue weighted by molar-refractivity contribution is -0.126. The first-order chi connectivity index (χ1) is 15.2. The molecule has 1 aliphatic rings. The lowest BCUT2D eigenvalue weighted by Gasteiger charge is -2.29. The van der Waals surface area contributed by atoms with Crippen LogP contribution in [-0.2, 0) is 14.8 Å². The van der Waals surface area contributed by atoms with Crippen LogP contribution in [0.15, 0.2) is 41.4 Å². The molecule has 174 valence electrons. The van der Waals surface area contributed by atoms with Gasteiger partial charge >= 0.3 is 0 Å². The molecule has 9 heteroatoms. The van der Waals surface area contributed by atoms with Crippen LogP contribution in [0.3, 0.4) is 0 Å². The highest BCUT2D eigenvalue weighted by molar-refractivity contribution is 7.89. The molecule has 1 heterocycles. The maximum atomic E-state index is 13.1. The van der Waals surface area contributed by atoms with E-state index in [1.807, 2.05) is 13.8 Å². The maximum Gasteiger partial charge on any atom is 0.242 e. The van der Waals surface area contributed by atoms with Gasteiger partial charge in [0.1, 0.15) is 10.7 Å². The predicted molar refractivity (Wildman–Crippen MR) is 119 cm³/mol. The first kappa shape index (κ1) is 24.1. The summed E-state index contributed by atoms with van der Waals surface area (Å²) in [5.41, 5.74) is 1.49. The zero-order valence-electron chi connectivity index (χ0n) is 18.6. The third-order valence-corrected chi connectivity index (χ3v) is 7.23. The standard InChI is InChI=1S/C23H30FN3O4S/c1-4-31-23-15(2)13-21(14-25-23)32(29,30)27-20-11-7-18(8-12-20)22(28)26-16(3)17-5-9-19(24)10-6-17/h5-6,9-10,13-14,16,18,20,27H,4,7-8,11-12H2,1-3H3,(H,26,28)/t16-,18-,20-/m1/s1. The fourth-order valence-electron chi connectivity index (χ4n) is 3.90. The number of hydrogen-bond donors (Lipinski definition) is 2. The van der Waals surface area contributed by atoms with Crippen molar-refractivity contribution in [3.05, 3.63) is 53.5 Å². The summed E-state index contributed by atoms with van der Waals surface area (Å²) in [6.07, 6.45) is 3.64. The molecular formula is C23H30FN3O4S. The van der Waals surface area contributed by atoms with E-state index in [4.69, 9.17) is 4.74 Å². The summed E-state index contributed by atoms with van der Waals surface area (Å²) < 4.78 is 46.7. The van der Waals surface area contributed by atoms with E-state index in [-0.39, 0.29) is 34.6 Å². The van der Waals surface area contributed by atoms with Crippen molar-refractivity contribution in [1.29, 1.82) is 0 Å². The van der Waals surface area contributed by atoms with Crippen molar-refractivity contribution in [3.63, 3.8) is 0 Å². The Labute approximate surface area is 188 Å². The molecule has 0 spiro atoms. The Morgan fingerprint density at radius 3 is 2.47 bits per heavy atom. The largest absolute Gasteiger partial charge is 0.478 e. The summed E-state index contributed by atoms with van der Waals surface area (Å²) >= 11 is 0. The number of carbonyl (C=O) groups is 1. The smallest absolute Gasteiger partial charge is 0.242 e. The van der Waals surface area contributed by atoms with Crippen molar-refractivity contribution in [2.75, 3.05) is 6.61 Å². The van der Waals surface area contributed by atoms with Crippen molar-refractivity contribution in [2.24, 2.45) is 5.92 Å². The molecule has 0 unspecified atom stereocenters. The number of halogens is 1. The second kappa shape index (κ2) is 10.4. The molecule has 1 aromatic heterocycles. The Morgan fingerprint density at radius 1 is 1.22 bits per heavy atom. The molecule has 1 atom stereocenters.